The number of hydrogen-bond acceptors (Lipinski definition) is 4. The molecule has 0 aliphatic heterocycles. The maximum Gasteiger partial charge on any atom is 0.251 e. The number of carbonyl (C=O) groups is 1. The van der Waals surface area contributed by atoms with Crippen LogP contribution in [0.1, 0.15) is 17.5 Å². The Balaban J connectivity index is 1.62. The Morgan fingerprint density at radius 1 is 1.00 bits per heavy atom. The number of anilines is 2. The van der Waals surface area contributed by atoms with E-state index in [1.54, 1.807) is 6.92 Å². The lowest BCUT2D eigenvalue weighted by molar-refractivity contribution is -0.117. The molecule has 4 aromatic rings. The molecule has 1 heterocycles. The number of carbonyl (C=O) groups excluding carboxylic acids is 1. The van der Waals surface area contributed by atoms with Crippen molar-refractivity contribution < 1.29 is 13.6 Å². The Morgan fingerprint density at radius 3 is 2.46 bits per heavy atom. The maximum atomic E-state index is 13.1. The summed E-state index contributed by atoms with van der Waals surface area (Å²) < 4.78 is 18.6. The summed E-state index contributed by atoms with van der Waals surface area (Å²) >= 11 is 0. The number of benzene rings is 3. The van der Waals surface area contributed by atoms with Crippen molar-refractivity contribution in [3.05, 3.63) is 90.1 Å². The second kappa shape index (κ2) is 7.52. The highest BCUT2D eigenvalue weighted by molar-refractivity contribution is 5.97. The van der Waals surface area contributed by atoms with E-state index in [4.69, 9.17) is 4.42 Å². The van der Waals surface area contributed by atoms with Gasteiger partial charge in [-0.2, -0.15) is 0 Å². The highest BCUT2D eigenvalue weighted by atomic mass is 19.1. The minimum absolute atomic E-state index is 0.255. The van der Waals surface area contributed by atoms with Gasteiger partial charge in [0.05, 0.1) is 0 Å². The molecule has 1 amide bonds. The molecule has 28 heavy (non-hydrogen) atoms. The zero-order valence-electron chi connectivity index (χ0n) is 15.1. The highest BCUT2D eigenvalue weighted by Gasteiger charge is 2.21. The number of aromatic nitrogens is 1. The fourth-order valence-corrected chi connectivity index (χ4v) is 2.99. The van der Waals surface area contributed by atoms with Crippen molar-refractivity contribution in [3.63, 3.8) is 0 Å². The lowest BCUT2D eigenvalue weighted by atomic mass is 10.1. The standard InChI is InChI=1S/C22H18FN3O2/c1-14-24-19-13-18(11-12-20(19)28-14)25-21(15-5-3-2-4-6-15)22(27)26-17-9-7-16(23)8-10-17/h2-13,21,25H,1H3,(H,26,27)/t21-/m0/s1. The molecule has 0 saturated carbocycles. The van der Waals surface area contributed by atoms with Crippen LogP contribution in [0.5, 0.6) is 0 Å². The van der Waals surface area contributed by atoms with Gasteiger partial charge in [0.2, 0.25) is 0 Å². The minimum atomic E-state index is -0.642. The predicted octanol–water partition coefficient (Wildman–Crippen LogP) is 5.07. The van der Waals surface area contributed by atoms with Crippen molar-refractivity contribution in [1.82, 2.24) is 4.98 Å². The van der Waals surface area contributed by atoms with Gasteiger partial charge in [0.15, 0.2) is 11.5 Å². The van der Waals surface area contributed by atoms with E-state index in [1.807, 2.05) is 48.5 Å². The van der Waals surface area contributed by atoms with Crippen LogP contribution in [-0.2, 0) is 4.79 Å². The third kappa shape index (κ3) is 3.86. The zero-order valence-corrected chi connectivity index (χ0v) is 15.1. The molecule has 5 nitrogen and oxygen atoms in total. The van der Waals surface area contributed by atoms with Gasteiger partial charge in [-0.1, -0.05) is 30.3 Å². The Morgan fingerprint density at radius 2 is 1.71 bits per heavy atom. The summed E-state index contributed by atoms with van der Waals surface area (Å²) in [6, 6.07) is 19.9. The van der Waals surface area contributed by atoms with Crippen molar-refractivity contribution in [2.45, 2.75) is 13.0 Å². The van der Waals surface area contributed by atoms with Crippen LogP contribution in [0.15, 0.2) is 77.2 Å². The van der Waals surface area contributed by atoms with Crippen LogP contribution in [0.2, 0.25) is 0 Å². The van der Waals surface area contributed by atoms with Gasteiger partial charge in [-0.25, -0.2) is 9.37 Å². The van der Waals surface area contributed by atoms with Crippen LogP contribution in [0.4, 0.5) is 15.8 Å². The van der Waals surface area contributed by atoms with Crippen molar-refractivity contribution in [2.24, 2.45) is 0 Å². The number of fused-ring (bicyclic) bond motifs is 1. The molecule has 2 N–H and O–H groups in total. The van der Waals surface area contributed by atoms with Gasteiger partial charge in [-0.15, -0.1) is 0 Å². The quantitative estimate of drug-likeness (QED) is 0.511. The first kappa shape index (κ1) is 17.7. The van der Waals surface area contributed by atoms with Crippen LogP contribution >= 0.6 is 0 Å². The molecular weight excluding hydrogens is 357 g/mol. The third-order valence-corrected chi connectivity index (χ3v) is 4.31. The molecule has 0 spiro atoms. The Bertz CT molecular complexity index is 1110. The topological polar surface area (TPSA) is 67.2 Å². The monoisotopic (exact) mass is 375 g/mol. The van der Waals surface area contributed by atoms with Crippen molar-refractivity contribution >= 4 is 28.4 Å². The third-order valence-electron chi connectivity index (χ3n) is 4.31. The molecule has 140 valence electrons. The number of rotatable bonds is 5. The fraction of sp³-hybridized carbons (Fsp3) is 0.0909. The summed E-state index contributed by atoms with van der Waals surface area (Å²) in [4.78, 5) is 17.3. The van der Waals surface area contributed by atoms with Crippen molar-refractivity contribution in [2.75, 3.05) is 10.6 Å². The molecule has 0 aliphatic carbocycles. The molecule has 0 radical (unpaired) electrons. The number of amides is 1. The molecule has 0 aliphatic rings. The molecule has 0 saturated heterocycles. The van der Waals surface area contributed by atoms with Crippen LogP contribution in [-0.4, -0.2) is 10.9 Å². The summed E-state index contributed by atoms with van der Waals surface area (Å²) in [5.41, 5.74) is 3.47. The molecule has 4 rings (SSSR count). The van der Waals surface area contributed by atoms with E-state index < -0.39 is 6.04 Å². The van der Waals surface area contributed by atoms with E-state index in [0.29, 0.717) is 22.7 Å². The van der Waals surface area contributed by atoms with Gasteiger partial charge in [-0.3, -0.25) is 4.79 Å². The number of nitrogens with zero attached hydrogens (tertiary/aromatic N) is 1. The summed E-state index contributed by atoms with van der Waals surface area (Å²) in [5.74, 6) is -0.0259. The zero-order chi connectivity index (χ0) is 19.5. The number of halogens is 1. The minimum Gasteiger partial charge on any atom is -0.441 e. The summed E-state index contributed by atoms with van der Waals surface area (Å²) in [6.07, 6.45) is 0. The first-order chi connectivity index (χ1) is 13.6. The van der Waals surface area contributed by atoms with E-state index in [-0.39, 0.29) is 11.7 Å². The molecule has 0 fully saturated rings. The van der Waals surface area contributed by atoms with Crippen LogP contribution in [0, 0.1) is 12.7 Å². The predicted molar refractivity (Wildman–Crippen MR) is 107 cm³/mol. The first-order valence-electron chi connectivity index (χ1n) is 8.83. The number of oxazole rings is 1. The Hall–Kier alpha value is -3.67. The first-order valence-corrected chi connectivity index (χ1v) is 8.83. The van der Waals surface area contributed by atoms with Gasteiger partial charge in [0.1, 0.15) is 17.4 Å². The lowest BCUT2D eigenvalue weighted by Crippen LogP contribution is -2.27. The molecule has 6 heteroatoms. The lowest BCUT2D eigenvalue weighted by Gasteiger charge is -2.20. The summed E-state index contributed by atoms with van der Waals surface area (Å²) in [7, 11) is 0. The van der Waals surface area contributed by atoms with E-state index in [1.165, 1.54) is 24.3 Å². The number of hydrogen-bond donors (Lipinski definition) is 2. The molecule has 3 aromatic carbocycles. The molecule has 0 bridgehead atoms. The maximum absolute atomic E-state index is 13.1. The van der Waals surface area contributed by atoms with Crippen LogP contribution in [0.25, 0.3) is 11.1 Å². The largest absolute Gasteiger partial charge is 0.441 e. The molecular formula is C22H18FN3O2. The fourth-order valence-electron chi connectivity index (χ4n) is 2.99. The molecule has 1 atom stereocenters. The van der Waals surface area contributed by atoms with Gasteiger partial charge in [-0.05, 0) is 48.0 Å². The smallest absolute Gasteiger partial charge is 0.251 e. The van der Waals surface area contributed by atoms with E-state index in [9.17, 15) is 9.18 Å². The number of aryl methyl sites for hydroxylation is 1. The van der Waals surface area contributed by atoms with E-state index >= 15 is 0 Å². The summed E-state index contributed by atoms with van der Waals surface area (Å²) in [6.45, 7) is 1.79. The van der Waals surface area contributed by atoms with Gasteiger partial charge in [0.25, 0.3) is 5.91 Å². The van der Waals surface area contributed by atoms with Crippen LogP contribution in [0.3, 0.4) is 0 Å². The Labute approximate surface area is 161 Å². The van der Waals surface area contributed by atoms with Crippen molar-refractivity contribution in [3.8, 4) is 0 Å². The van der Waals surface area contributed by atoms with Crippen molar-refractivity contribution in [1.29, 1.82) is 0 Å². The summed E-state index contributed by atoms with van der Waals surface area (Å²) in [5, 5.41) is 6.09. The normalized spacial score (nSPS) is 11.9. The van der Waals surface area contributed by atoms with Gasteiger partial charge < -0.3 is 15.1 Å². The van der Waals surface area contributed by atoms with E-state index in [2.05, 4.69) is 15.6 Å². The number of nitrogens with one attached hydrogen (secondary N) is 2. The second-order valence-corrected chi connectivity index (χ2v) is 6.40. The molecule has 1 aromatic heterocycles. The van der Waals surface area contributed by atoms with E-state index in [0.717, 1.165) is 11.3 Å². The second-order valence-electron chi connectivity index (χ2n) is 6.40. The highest BCUT2D eigenvalue weighted by Crippen LogP contribution is 2.25. The van der Waals surface area contributed by atoms with Crippen LogP contribution < -0.4 is 10.6 Å². The van der Waals surface area contributed by atoms with Gasteiger partial charge in [0, 0.05) is 18.3 Å². The average Bonchev–Trinajstić information content (AvgIpc) is 3.07. The van der Waals surface area contributed by atoms with Gasteiger partial charge >= 0.3 is 0 Å². The Kier molecular flexibility index (Phi) is 4.76. The average molecular weight is 375 g/mol. The molecule has 0 unspecified atom stereocenters. The SMILES string of the molecule is Cc1nc2cc(N[C@H](C(=O)Nc3ccc(F)cc3)c3ccccc3)ccc2o1.